The van der Waals surface area contributed by atoms with E-state index in [2.05, 4.69) is 19.9 Å². The standard InChI is InChI=1S/C20H26N7O10P.H3N/c1-9-4-26(20(31)25-19(9)30)15-3-11(12(5-28)35-15)37-38(32,33)34-6-13-10(29)2-14(36-13)27-8-24-16-17(21)22-7-23-18(16)27;/h4,7-8,10-15,28-29H,2-3,5-6H2,1H3,(H,32,33)(H2,21,22,23)(H,25,30,31);1H3. The minimum Gasteiger partial charge on any atom is -0.394 e. The van der Waals surface area contributed by atoms with Gasteiger partial charge in [-0.25, -0.2) is 24.3 Å². The Labute approximate surface area is 219 Å². The third-order valence-electron chi connectivity index (χ3n) is 6.39. The number of ether oxygens (including phenoxy) is 2. The molecule has 2 saturated heterocycles. The Balaban J connectivity index is 0.00000353. The summed E-state index contributed by atoms with van der Waals surface area (Å²) < 4.78 is 37.1. The number of hydrogen-bond acceptors (Lipinski definition) is 14. The van der Waals surface area contributed by atoms with Gasteiger partial charge >= 0.3 is 13.5 Å². The zero-order valence-corrected chi connectivity index (χ0v) is 21.6. The number of nitrogens with two attached hydrogens (primary N) is 1. The van der Waals surface area contributed by atoms with Gasteiger partial charge < -0.3 is 36.5 Å². The molecule has 3 aromatic heterocycles. The van der Waals surface area contributed by atoms with E-state index in [0.717, 1.165) is 4.57 Å². The Bertz CT molecular complexity index is 1490. The van der Waals surface area contributed by atoms with Crippen molar-refractivity contribution in [2.45, 2.75) is 56.6 Å². The maximum Gasteiger partial charge on any atom is 0.472 e. The Hall–Kier alpha value is -3.06. The normalized spacial score (nSPS) is 28.4. The van der Waals surface area contributed by atoms with Crippen LogP contribution in [0.1, 0.15) is 30.9 Å². The van der Waals surface area contributed by atoms with E-state index in [9.17, 15) is 29.3 Å². The number of phosphoric acid groups is 1. The average molecular weight is 572 g/mol. The Kier molecular flexibility index (Phi) is 8.31. The number of nitrogens with one attached hydrogen (secondary N) is 1. The highest BCUT2D eigenvalue weighted by Crippen LogP contribution is 2.49. The van der Waals surface area contributed by atoms with Crippen molar-refractivity contribution in [3.63, 3.8) is 0 Å². The molecule has 0 radical (unpaired) electrons. The fourth-order valence-electron chi connectivity index (χ4n) is 4.43. The van der Waals surface area contributed by atoms with Gasteiger partial charge in [-0.2, -0.15) is 0 Å². The van der Waals surface area contributed by atoms with Gasteiger partial charge in [-0.15, -0.1) is 0 Å². The molecular formula is C20H29N8O10P. The Morgan fingerprint density at radius 1 is 1.18 bits per heavy atom. The predicted octanol–water partition coefficient (Wildman–Crippen LogP) is -1.14. The molecule has 5 heterocycles. The van der Waals surface area contributed by atoms with E-state index in [-0.39, 0.29) is 30.4 Å². The number of phosphoric ester groups is 1. The highest BCUT2D eigenvalue weighted by atomic mass is 31.2. The second kappa shape index (κ2) is 11.2. The fourth-order valence-corrected chi connectivity index (χ4v) is 5.39. The van der Waals surface area contributed by atoms with Crippen LogP contribution in [0.3, 0.4) is 0 Å². The van der Waals surface area contributed by atoms with E-state index in [1.54, 1.807) is 4.57 Å². The predicted molar refractivity (Wildman–Crippen MR) is 132 cm³/mol. The van der Waals surface area contributed by atoms with E-state index in [1.165, 1.54) is 25.8 Å². The molecule has 0 saturated carbocycles. The van der Waals surface area contributed by atoms with Crippen molar-refractivity contribution in [3.05, 3.63) is 45.3 Å². The number of anilines is 1. The number of aliphatic hydroxyl groups is 2. The number of rotatable bonds is 8. The van der Waals surface area contributed by atoms with Crippen LogP contribution in [0.4, 0.5) is 5.82 Å². The minimum absolute atomic E-state index is 0. The van der Waals surface area contributed by atoms with E-state index < -0.39 is 69.2 Å². The van der Waals surface area contributed by atoms with Crippen molar-refractivity contribution in [2.75, 3.05) is 18.9 Å². The zero-order valence-electron chi connectivity index (χ0n) is 20.7. The summed E-state index contributed by atoms with van der Waals surface area (Å²) in [6.45, 7) is 0.436. The summed E-state index contributed by atoms with van der Waals surface area (Å²) >= 11 is 0. The maximum atomic E-state index is 12.7. The van der Waals surface area contributed by atoms with Crippen molar-refractivity contribution < 1.29 is 38.2 Å². The Morgan fingerprint density at radius 3 is 2.64 bits per heavy atom. The molecule has 2 fully saturated rings. The molecule has 2 aliphatic rings. The lowest BCUT2D eigenvalue weighted by Gasteiger charge is -2.21. The van der Waals surface area contributed by atoms with Gasteiger partial charge in [0.2, 0.25) is 0 Å². The maximum absolute atomic E-state index is 12.7. The molecule has 0 bridgehead atoms. The lowest BCUT2D eigenvalue weighted by atomic mass is 10.2. The summed E-state index contributed by atoms with van der Waals surface area (Å²) in [6.07, 6.45) is -1.83. The first-order chi connectivity index (χ1) is 18.1. The van der Waals surface area contributed by atoms with Gasteiger partial charge in [-0.3, -0.25) is 28.0 Å². The molecule has 3 aromatic rings. The molecule has 18 nitrogen and oxygen atoms in total. The van der Waals surface area contributed by atoms with Crippen LogP contribution < -0.4 is 23.1 Å². The number of fused-ring (bicyclic) bond motifs is 1. The van der Waals surface area contributed by atoms with Crippen LogP contribution in [-0.2, 0) is 23.1 Å². The number of aromatic nitrogens is 6. The molecule has 0 amide bonds. The number of hydrogen-bond donors (Lipinski definition) is 6. The largest absolute Gasteiger partial charge is 0.472 e. The first-order valence-corrected chi connectivity index (χ1v) is 13.1. The quantitative estimate of drug-likeness (QED) is 0.174. The second-order valence-corrected chi connectivity index (χ2v) is 10.4. The average Bonchev–Trinajstić information content (AvgIpc) is 3.57. The highest BCUT2D eigenvalue weighted by molar-refractivity contribution is 7.47. The van der Waals surface area contributed by atoms with Gasteiger partial charge in [-0.05, 0) is 6.92 Å². The molecule has 2 aliphatic heterocycles. The molecule has 0 spiro atoms. The molecule has 0 aromatic carbocycles. The van der Waals surface area contributed by atoms with Crippen LogP contribution in [0, 0.1) is 6.92 Å². The lowest BCUT2D eigenvalue weighted by molar-refractivity contribution is -0.0564. The smallest absolute Gasteiger partial charge is 0.394 e. The lowest BCUT2D eigenvalue weighted by Crippen LogP contribution is -2.33. The minimum atomic E-state index is -4.73. The van der Waals surface area contributed by atoms with E-state index in [0.29, 0.717) is 11.2 Å². The van der Waals surface area contributed by atoms with Gasteiger partial charge in [0.05, 0.1) is 25.6 Å². The zero-order chi connectivity index (χ0) is 27.2. The SMILES string of the molecule is Cc1cn(C2CC(OP(=O)(O)OCC3OC(n4cnc5c(N)ncnc54)CC3O)C(CO)O2)c(=O)[nH]c1=O.N. The van der Waals surface area contributed by atoms with E-state index in [1.807, 2.05) is 0 Å². The van der Waals surface area contributed by atoms with Crippen molar-refractivity contribution in [3.8, 4) is 0 Å². The third-order valence-corrected chi connectivity index (χ3v) is 7.40. The van der Waals surface area contributed by atoms with Gasteiger partial charge in [0.25, 0.3) is 5.56 Å². The molecule has 7 atom stereocenters. The molecule has 9 N–H and O–H groups in total. The van der Waals surface area contributed by atoms with Crippen LogP contribution in [0.2, 0.25) is 0 Å². The molecule has 19 heteroatoms. The van der Waals surface area contributed by atoms with Gasteiger partial charge in [0, 0.05) is 24.6 Å². The van der Waals surface area contributed by atoms with Crippen LogP contribution in [0.15, 0.2) is 28.4 Å². The monoisotopic (exact) mass is 572 g/mol. The number of aryl methyl sites for hydroxylation is 1. The van der Waals surface area contributed by atoms with Gasteiger partial charge in [0.15, 0.2) is 11.5 Å². The number of imidazole rings is 1. The topological polar surface area (TPSA) is 274 Å². The van der Waals surface area contributed by atoms with Crippen molar-refractivity contribution in [2.24, 2.45) is 0 Å². The summed E-state index contributed by atoms with van der Waals surface area (Å²) in [7, 11) is -4.73. The molecule has 39 heavy (non-hydrogen) atoms. The summed E-state index contributed by atoms with van der Waals surface area (Å²) in [6, 6.07) is 0. The summed E-state index contributed by atoms with van der Waals surface area (Å²) in [5, 5.41) is 20.1. The van der Waals surface area contributed by atoms with Crippen LogP contribution in [-0.4, -0.2) is 81.8 Å². The summed E-state index contributed by atoms with van der Waals surface area (Å²) in [5.74, 6) is 0.186. The van der Waals surface area contributed by atoms with Crippen LogP contribution >= 0.6 is 7.82 Å². The second-order valence-electron chi connectivity index (χ2n) is 8.95. The molecule has 5 rings (SSSR count). The molecule has 214 valence electrons. The molecule has 7 unspecified atom stereocenters. The van der Waals surface area contributed by atoms with Gasteiger partial charge in [-0.1, -0.05) is 0 Å². The molecular weight excluding hydrogens is 543 g/mol. The first kappa shape index (κ1) is 28.9. The van der Waals surface area contributed by atoms with Crippen molar-refractivity contribution >= 4 is 24.8 Å². The Morgan fingerprint density at radius 2 is 1.90 bits per heavy atom. The fraction of sp³-hybridized carbons (Fsp3) is 0.550. The number of H-pyrrole nitrogens is 1. The van der Waals surface area contributed by atoms with Crippen molar-refractivity contribution in [1.82, 2.24) is 35.2 Å². The third kappa shape index (κ3) is 5.79. The number of aliphatic hydroxyl groups excluding tert-OH is 2. The number of nitrogen functional groups attached to an aromatic ring is 1. The molecule has 0 aliphatic carbocycles. The number of aromatic amines is 1. The summed E-state index contributed by atoms with van der Waals surface area (Å²) in [4.78, 5) is 48.5. The van der Waals surface area contributed by atoms with E-state index >= 15 is 0 Å². The van der Waals surface area contributed by atoms with Gasteiger partial charge in [0.1, 0.15) is 42.6 Å². The summed E-state index contributed by atoms with van der Waals surface area (Å²) in [5.41, 5.74) is 5.52. The van der Waals surface area contributed by atoms with Crippen LogP contribution in [0.5, 0.6) is 0 Å². The number of nitrogens with zero attached hydrogens (tertiary/aromatic N) is 5. The van der Waals surface area contributed by atoms with Crippen LogP contribution in [0.25, 0.3) is 11.2 Å². The first-order valence-electron chi connectivity index (χ1n) is 11.6. The van der Waals surface area contributed by atoms with E-state index in [4.69, 9.17) is 24.3 Å². The van der Waals surface area contributed by atoms with Crippen molar-refractivity contribution in [1.29, 1.82) is 0 Å². The highest BCUT2D eigenvalue weighted by Gasteiger charge is 2.43.